The molecule has 5 heteroatoms. The molecule has 1 rings (SSSR count). The van der Waals surface area contributed by atoms with Crippen molar-refractivity contribution in [3.05, 3.63) is 0 Å². The first-order valence-electron chi connectivity index (χ1n) is 4.46. The van der Waals surface area contributed by atoms with E-state index in [0.29, 0.717) is 0 Å². The molecule has 2 atom stereocenters. The number of carbonyl (C=O) groups excluding carboxylic acids is 1. The molecule has 5 nitrogen and oxygen atoms in total. The van der Waals surface area contributed by atoms with Crippen molar-refractivity contribution < 1.29 is 4.79 Å². The van der Waals surface area contributed by atoms with Crippen LogP contribution in [0.2, 0.25) is 0 Å². The Morgan fingerprint density at radius 1 is 1.85 bits per heavy atom. The molecule has 1 saturated heterocycles. The summed E-state index contributed by atoms with van der Waals surface area (Å²) in [6, 6.07) is -0.418. The fourth-order valence-electron chi connectivity index (χ4n) is 1.46. The van der Waals surface area contributed by atoms with Gasteiger partial charge in [-0.15, -0.1) is 0 Å². The lowest BCUT2D eigenvalue weighted by Gasteiger charge is -2.24. The molecule has 0 aromatic heterocycles. The summed E-state index contributed by atoms with van der Waals surface area (Å²) >= 11 is 0. The molecule has 0 bridgehead atoms. The van der Waals surface area contributed by atoms with E-state index >= 15 is 0 Å². The molecule has 0 aromatic rings. The number of carbonyl (C=O) groups is 1. The third-order valence-electron chi connectivity index (χ3n) is 2.21. The molecule has 1 heterocycles. The van der Waals surface area contributed by atoms with Crippen molar-refractivity contribution in [1.82, 2.24) is 10.2 Å². The Balaban J connectivity index is 2.60. The molecule has 1 aliphatic heterocycles. The van der Waals surface area contributed by atoms with Crippen LogP contribution in [-0.2, 0) is 4.79 Å². The zero-order valence-corrected chi connectivity index (χ0v) is 7.79. The maximum atomic E-state index is 11.5. The van der Waals surface area contributed by atoms with Crippen LogP contribution in [0.1, 0.15) is 13.3 Å². The van der Waals surface area contributed by atoms with Crippen molar-refractivity contribution in [3.8, 4) is 0 Å². The zero-order chi connectivity index (χ0) is 9.84. The minimum absolute atomic E-state index is 0.107. The molecule has 0 aliphatic carbocycles. The van der Waals surface area contributed by atoms with E-state index in [-0.39, 0.29) is 11.9 Å². The molecule has 4 N–H and O–H groups in total. The van der Waals surface area contributed by atoms with Crippen LogP contribution in [0.25, 0.3) is 0 Å². The van der Waals surface area contributed by atoms with Gasteiger partial charge in [-0.05, 0) is 19.9 Å². The molecule has 0 aromatic carbocycles. The predicted molar refractivity (Wildman–Crippen MR) is 50.6 cm³/mol. The van der Waals surface area contributed by atoms with Crippen molar-refractivity contribution >= 4 is 12.2 Å². The van der Waals surface area contributed by atoms with E-state index in [1.807, 2.05) is 0 Å². The quantitative estimate of drug-likeness (QED) is 0.394. The molecule has 1 unspecified atom stereocenters. The Morgan fingerprint density at radius 2 is 2.54 bits per heavy atom. The first kappa shape index (κ1) is 10.1. The second kappa shape index (κ2) is 4.34. The highest BCUT2D eigenvalue weighted by molar-refractivity contribution is 5.90. The molecule has 13 heavy (non-hydrogen) atoms. The van der Waals surface area contributed by atoms with Crippen molar-refractivity contribution in [2.45, 2.75) is 25.4 Å². The minimum atomic E-state index is -0.526. The Bertz CT molecular complexity index is 198. The van der Waals surface area contributed by atoms with Crippen LogP contribution >= 0.6 is 0 Å². The average Bonchev–Trinajstić information content (AvgIpc) is 2.58. The maximum absolute atomic E-state index is 11.5. The molecule has 0 saturated carbocycles. The lowest BCUT2D eigenvalue weighted by atomic mass is 10.2. The normalized spacial score (nSPS) is 24.0. The number of nitrogens with one attached hydrogen (secondary N) is 2. The Hall–Kier alpha value is -0.940. The van der Waals surface area contributed by atoms with Crippen LogP contribution in [0, 0.1) is 5.41 Å². The average molecular weight is 184 g/mol. The SMILES string of the molecule is C[C@H](N)C(=O)N(C=N)C1CCNC1. The third kappa shape index (κ3) is 2.26. The number of amides is 1. The van der Waals surface area contributed by atoms with Gasteiger partial charge >= 0.3 is 0 Å². The fraction of sp³-hybridized carbons (Fsp3) is 0.750. The van der Waals surface area contributed by atoms with Gasteiger partial charge in [0.15, 0.2) is 0 Å². The maximum Gasteiger partial charge on any atom is 0.244 e. The topological polar surface area (TPSA) is 82.2 Å². The molecule has 74 valence electrons. The molecule has 1 amide bonds. The van der Waals surface area contributed by atoms with E-state index in [4.69, 9.17) is 11.1 Å². The minimum Gasteiger partial charge on any atom is -0.320 e. The Labute approximate surface area is 77.8 Å². The summed E-state index contributed by atoms with van der Waals surface area (Å²) in [5.41, 5.74) is 5.47. The fourth-order valence-corrected chi connectivity index (χ4v) is 1.46. The molecule has 0 radical (unpaired) electrons. The summed E-state index contributed by atoms with van der Waals surface area (Å²) in [5.74, 6) is -0.177. The highest BCUT2D eigenvalue weighted by Crippen LogP contribution is 2.07. The smallest absolute Gasteiger partial charge is 0.244 e. The van der Waals surface area contributed by atoms with Gasteiger partial charge in [0.2, 0.25) is 5.91 Å². The summed E-state index contributed by atoms with van der Waals surface area (Å²) < 4.78 is 0. The molecular formula is C8H16N4O. The van der Waals surface area contributed by atoms with Gasteiger partial charge in [-0.1, -0.05) is 0 Å². The summed E-state index contributed by atoms with van der Waals surface area (Å²) in [5, 5.41) is 10.3. The van der Waals surface area contributed by atoms with Crippen molar-refractivity contribution in [2.75, 3.05) is 13.1 Å². The third-order valence-corrected chi connectivity index (χ3v) is 2.21. The van der Waals surface area contributed by atoms with Gasteiger partial charge in [-0.25, -0.2) is 0 Å². The Kier molecular flexibility index (Phi) is 3.39. The largest absolute Gasteiger partial charge is 0.320 e. The number of nitrogens with two attached hydrogens (primary N) is 1. The van der Waals surface area contributed by atoms with Crippen molar-refractivity contribution in [1.29, 1.82) is 5.41 Å². The first-order chi connectivity index (χ1) is 6.16. The highest BCUT2D eigenvalue weighted by Gasteiger charge is 2.26. The van der Waals surface area contributed by atoms with Crippen LogP contribution in [0.5, 0.6) is 0 Å². The van der Waals surface area contributed by atoms with E-state index < -0.39 is 6.04 Å². The van der Waals surface area contributed by atoms with Gasteiger partial charge in [-0.2, -0.15) is 0 Å². The lowest BCUT2D eigenvalue weighted by molar-refractivity contribution is -0.129. The summed E-state index contributed by atoms with van der Waals surface area (Å²) in [6.07, 6.45) is 1.97. The van der Waals surface area contributed by atoms with Gasteiger partial charge in [0.25, 0.3) is 0 Å². The van der Waals surface area contributed by atoms with E-state index in [1.165, 1.54) is 4.90 Å². The van der Waals surface area contributed by atoms with Crippen molar-refractivity contribution in [3.63, 3.8) is 0 Å². The summed E-state index contributed by atoms with van der Waals surface area (Å²) in [6.45, 7) is 3.30. The summed E-state index contributed by atoms with van der Waals surface area (Å²) in [4.78, 5) is 12.9. The molecule has 1 fully saturated rings. The van der Waals surface area contributed by atoms with Gasteiger partial charge in [0.1, 0.15) is 0 Å². The van der Waals surface area contributed by atoms with Crippen LogP contribution in [0.3, 0.4) is 0 Å². The number of rotatable bonds is 3. The van der Waals surface area contributed by atoms with E-state index in [9.17, 15) is 4.79 Å². The van der Waals surface area contributed by atoms with Crippen LogP contribution in [0.4, 0.5) is 0 Å². The second-order valence-corrected chi connectivity index (χ2v) is 3.31. The van der Waals surface area contributed by atoms with Gasteiger partial charge in [0, 0.05) is 6.54 Å². The second-order valence-electron chi connectivity index (χ2n) is 3.31. The highest BCUT2D eigenvalue weighted by atomic mass is 16.2. The van der Waals surface area contributed by atoms with Crippen LogP contribution < -0.4 is 11.1 Å². The number of nitrogens with zero attached hydrogens (tertiary/aromatic N) is 1. The van der Waals surface area contributed by atoms with E-state index in [2.05, 4.69) is 5.32 Å². The van der Waals surface area contributed by atoms with Gasteiger partial charge < -0.3 is 11.1 Å². The van der Waals surface area contributed by atoms with E-state index in [0.717, 1.165) is 25.8 Å². The van der Waals surface area contributed by atoms with Crippen LogP contribution in [-0.4, -0.2) is 42.3 Å². The lowest BCUT2D eigenvalue weighted by Crippen LogP contribution is -2.47. The molecule has 0 spiro atoms. The first-order valence-corrected chi connectivity index (χ1v) is 4.46. The van der Waals surface area contributed by atoms with Crippen molar-refractivity contribution in [2.24, 2.45) is 5.73 Å². The predicted octanol–water partition coefficient (Wildman–Crippen LogP) is -0.869. The summed E-state index contributed by atoms with van der Waals surface area (Å²) in [7, 11) is 0. The van der Waals surface area contributed by atoms with Crippen LogP contribution in [0.15, 0.2) is 0 Å². The van der Waals surface area contributed by atoms with E-state index in [1.54, 1.807) is 6.92 Å². The van der Waals surface area contributed by atoms with Gasteiger partial charge in [0.05, 0.1) is 18.4 Å². The Morgan fingerprint density at radius 3 is 2.92 bits per heavy atom. The standard InChI is InChI=1S/C8H16N4O/c1-6(10)8(13)12(5-9)7-2-3-11-4-7/h5-7,9,11H,2-4,10H2,1H3/t6-,7?/m0/s1. The number of hydrogen-bond acceptors (Lipinski definition) is 4. The molecular weight excluding hydrogens is 168 g/mol. The van der Waals surface area contributed by atoms with Gasteiger partial charge in [-0.3, -0.25) is 15.1 Å². The monoisotopic (exact) mass is 184 g/mol. The molecule has 1 aliphatic rings. The number of hydrogen-bond donors (Lipinski definition) is 3. The zero-order valence-electron chi connectivity index (χ0n) is 7.79.